The normalized spacial score (nSPS) is 11.3. The number of hydrogen-bond acceptors (Lipinski definition) is 4. The van der Waals surface area contributed by atoms with Crippen molar-refractivity contribution >= 4 is 28.4 Å². The fourth-order valence-electron chi connectivity index (χ4n) is 1.65. The summed E-state index contributed by atoms with van der Waals surface area (Å²) < 4.78 is 1.66. The van der Waals surface area contributed by atoms with Gasteiger partial charge in [-0.3, -0.25) is 9.78 Å². The topological polar surface area (TPSA) is 63.0 Å². The Labute approximate surface area is 94.5 Å². The van der Waals surface area contributed by atoms with Gasteiger partial charge < -0.3 is 0 Å². The van der Waals surface area contributed by atoms with E-state index in [9.17, 15) is 4.79 Å². The van der Waals surface area contributed by atoms with Crippen molar-refractivity contribution in [2.24, 2.45) is 0 Å². The van der Waals surface area contributed by atoms with E-state index >= 15 is 0 Å². The summed E-state index contributed by atoms with van der Waals surface area (Å²) in [4.78, 5) is 18.7. The number of aromatic nitrogens is 4. The lowest BCUT2D eigenvalue weighted by atomic mass is 10.2. The number of rotatable bonds is 1. The van der Waals surface area contributed by atoms with Crippen molar-refractivity contribution in [2.75, 3.05) is 6.26 Å². The smallest absolute Gasteiger partial charge is 0.260 e. The third-order valence-corrected chi connectivity index (χ3v) is 2.91. The van der Waals surface area contributed by atoms with Crippen LogP contribution in [0.1, 0.15) is 0 Å². The molecule has 80 valence electrons. The van der Waals surface area contributed by atoms with Gasteiger partial charge in [0, 0.05) is 0 Å². The minimum Gasteiger partial charge on any atom is -0.290 e. The van der Waals surface area contributed by atoms with Crippen LogP contribution in [0.15, 0.2) is 34.2 Å². The average Bonchev–Trinajstić information content (AvgIpc) is 2.72. The Bertz CT molecular complexity index is 730. The van der Waals surface area contributed by atoms with Gasteiger partial charge in [0.15, 0.2) is 0 Å². The molecule has 0 fully saturated rings. The third-order valence-electron chi connectivity index (χ3n) is 2.37. The molecule has 0 spiro atoms. The van der Waals surface area contributed by atoms with E-state index < -0.39 is 0 Å². The zero-order chi connectivity index (χ0) is 11.1. The highest BCUT2D eigenvalue weighted by Crippen LogP contribution is 2.13. The molecule has 0 saturated heterocycles. The predicted molar refractivity (Wildman–Crippen MR) is 62.9 cm³/mol. The molecule has 0 saturated carbocycles. The van der Waals surface area contributed by atoms with E-state index in [0.29, 0.717) is 16.3 Å². The molecule has 5 nitrogen and oxygen atoms in total. The van der Waals surface area contributed by atoms with Crippen LogP contribution in [-0.2, 0) is 0 Å². The van der Waals surface area contributed by atoms with Crippen molar-refractivity contribution in [1.29, 1.82) is 0 Å². The van der Waals surface area contributed by atoms with E-state index in [1.165, 1.54) is 11.8 Å². The van der Waals surface area contributed by atoms with Crippen molar-refractivity contribution in [3.8, 4) is 0 Å². The Kier molecular flexibility index (Phi) is 1.97. The predicted octanol–water partition coefficient (Wildman–Crippen LogP) is 1.29. The molecule has 0 aliphatic heterocycles. The summed E-state index contributed by atoms with van der Waals surface area (Å²) in [5.41, 5.74) is 0.636. The monoisotopic (exact) mass is 232 g/mol. The molecular formula is C10H8N4OS. The maximum absolute atomic E-state index is 11.7. The van der Waals surface area contributed by atoms with Gasteiger partial charge in [0.05, 0.1) is 10.9 Å². The molecule has 0 amide bonds. The number of H-pyrrole nitrogens is 1. The van der Waals surface area contributed by atoms with Crippen LogP contribution in [0.5, 0.6) is 0 Å². The first kappa shape index (κ1) is 9.41. The summed E-state index contributed by atoms with van der Waals surface area (Å²) in [6.45, 7) is 0. The van der Waals surface area contributed by atoms with Crippen LogP contribution in [0.3, 0.4) is 0 Å². The zero-order valence-corrected chi connectivity index (χ0v) is 9.28. The second kappa shape index (κ2) is 3.34. The van der Waals surface area contributed by atoms with Crippen LogP contribution in [0.25, 0.3) is 16.7 Å². The maximum atomic E-state index is 11.7. The van der Waals surface area contributed by atoms with Gasteiger partial charge in [-0.2, -0.15) is 9.50 Å². The highest BCUT2D eigenvalue weighted by Gasteiger charge is 2.08. The Morgan fingerprint density at radius 1 is 1.38 bits per heavy atom. The van der Waals surface area contributed by atoms with Crippen LogP contribution in [0.4, 0.5) is 0 Å². The molecule has 0 aliphatic rings. The molecule has 0 atom stereocenters. The van der Waals surface area contributed by atoms with Crippen molar-refractivity contribution in [3.05, 3.63) is 34.6 Å². The van der Waals surface area contributed by atoms with Gasteiger partial charge in [0.1, 0.15) is 0 Å². The van der Waals surface area contributed by atoms with Gasteiger partial charge in [-0.15, -0.1) is 5.10 Å². The van der Waals surface area contributed by atoms with E-state index in [1.54, 1.807) is 10.6 Å². The second-order valence-corrected chi connectivity index (χ2v) is 4.08. The first-order valence-electron chi connectivity index (χ1n) is 4.71. The highest BCUT2D eigenvalue weighted by atomic mass is 32.2. The van der Waals surface area contributed by atoms with Gasteiger partial charge in [-0.05, 0) is 18.4 Å². The Morgan fingerprint density at radius 2 is 2.19 bits per heavy atom. The Balaban J connectivity index is 2.57. The van der Waals surface area contributed by atoms with Gasteiger partial charge in [0.25, 0.3) is 5.56 Å². The third kappa shape index (κ3) is 1.23. The number of hydrogen-bond donors (Lipinski definition) is 1. The first-order chi connectivity index (χ1) is 7.79. The molecule has 2 heterocycles. The first-order valence-corrected chi connectivity index (χ1v) is 5.94. The molecule has 1 N–H and O–H groups in total. The molecule has 2 aromatic heterocycles. The van der Waals surface area contributed by atoms with Gasteiger partial charge in [-0.25, -0.2) is 0 Å². The minimum atomic E-state index is -0.136. The molecule has 3 aromatic rings. The minimum absolute atomic E-state index is 0.136. The number of fused-ring (bicyclic) bond motifs is 3. The Hall–Kier alpha value is -1.82. The maximum Gasteiger partial charge on any atom is 0.260 e. The van der Waals surface area contributed by atoms with Crippen molar-refractivity contribution in [2.45, 2.75) is 5.16 Å². The summed E-state index contributed by atoms with van der Waals surface area (Å²) >= 11 is 1.44. The number of para-hydroxylation sites is 1. The summed E-state index contributed by atoms with van der Waals surface area (Å²) in [7, 11) is 0. The van der Waals surface area contributed by atoms with E-state index in [2.05, 4.69) is 15.1 Å². The molecule has 0 unspecified atom stereocenters. The number of nitrogens with zero attached hydrogens (tertiary/aromatic N) is 3. The average molecular weight is 232 g/mol. The van der Waals surface area contributed by atoms with E-state index in [-0.39, 0.29) is 5.56 Å². The van der Waals surface area contributed by atoms with Crippen molar-refractivity contribution in [3.63, 3.8) is 0 Å². The van der Waals surface area contributed by atoms with Crippen molar-refractivity contribution < 1.29 is 0 Å². The van der Waals surface area contributed by atoms with Gasteiger partial charge in [0.2, 0.25) is 10.9 Å². The van der Waals surface area contributed by atoms with E-state index in [1.807, 2.05) is 24.5 Å². The fourth-order valence-corrected chi connectivity index (χ4v) is 1.99. The number of aromatic amines is 1. The molecule has 3 rings (SSSR count). The lowest BCUT2D eigenvalue weighted by molar-refractivity contribution is 0.909. The van der Waals surface area contributed by atoms with E-state index in [0.717, 1.165) is 5.52 Å². The van der Waals surface area contributed by atoms with Crippen LogP contribution in [0.2, 0.25) is 0 Å². The van der Waals surface area contributed by atoms with Gasteiger partial charge in [-0.1, -0.05) is 23.9 Å². The molecule has 1 aromatic carbocycles. The van der Waals surface area contributed by atoms with Crippen LogP contribution < -0.4 is 5.56 Å². The highest BCUT2D eigenvalue weighted by molar-refractivity contribution is 7.98. The van der Waals surface area contributed by atoms with Crippen LogP contribution in [-0.4, -0.2) is 25.8 Å². The number of benzene rings is 1. The largest absolute Gasteiger partial charge is 0.290 e. The van der Waals surface area contributed by atoms with Gasteiger partial charge >= 0.3 is 0 Å². The van der Waals surface area contributed by atoms with E-state index in [4.69, 9.17) is 0 Å². The summed E-state index contributed by atoms with van der Waals surface area (Å²) in [6, 6.07) is 7.34. The standard InChI is InChI=1S/C10H8N4OS/c1-16-10-12-9-11-8(15)6-4-2-3-5-7(6)14(9)13-10/h2-5H,1H3,(H,11,12,13,15). The molecule has 6 heteroatoms. The quantitative estimate of drug-likeness (QED) is 0.642. The number of nitrogens with one attached hydrogen (secondary N) is 1. The molecule has 0 radical (unpaired) electrons. The lowest BCUT2D eigenvalue weighted by Gasteiger charge is -1.97. The van der Waals surface area contributed by atoms with Crippen LogP contribution in [0, 0.1) is 0 Å². The summed E-state index contributed by atoms with van der Waals surface area (Å²) in [5.74, 6) is 0.480. The zero-order valence-electron chi connectivity index (χ0n) is 8.47. The SMILES string of the molecule is CSc1nc2[nH]c(=O)c3ccccc3n2n1. The molecule has 0 aliphatic carbocycles. The fraction of sp³-hybridized carbons (Fsp3) is 0.100. The van der Waals surface area contributed by atoms with Crippen LogP contribution >= 0.6 is 11.8 Å². The van der Waals surface area contributed by atoms with Crippen molar-refractivity contribution in [1.82, 2.24) is 19.6 Å². The molecular weight excluding hydrogens is 224 g/mol. The Morgan fingerprint density at radius 3 is 3.00 bits per heavy atom. The summed E-state index contributed by atoms with van der Waals surface area (Å²) in [6.07, 6.45) is 1.90. The second-order valence-electron chi connectivity index (χ2n) is 3.31. The molecule has 0 bridgehead atoms. The molecule has 16 heavy (non-hydrogen) atoms. The summed E-state index contributed by atoms with van der Waals surface area (Å²) in [5, 5.41) is 5.56. The lowest BCUT2D eigenvalue weighted by Crippen LogP contribution is -2.10. The number of thioether (sulfide) groups is 1.